The molecule has 0 saturated carbocycles. The molecule has 0 bridgehead atoms. The maximum absolute atomic E-state index is 11.4. The number of carbonyl (C=O) groups is 1. The van der Waals surface area contributed by atoms with E-state index in [9.17, 15) is 4.79 Å². The van der Waals surface area contributed by atoms with Crippen LogP contribution in [0.4, 0.5) is 5.82 Å². The van der Waals surface area contributed by atoms with Crippen molar-refractivity contribution in [3.63, 3.8) is 0 Å². The largest absolute Gasteiger partial charge is 0.365 e. The van der Waals surface area contributed by atoms with Gasteiger partial charge in [0.15, 0.2) is 0 Å². The third-order valence-corrected chi connectivity index (χ3v) is 2.52. The topological polar surface area (TPSA) is 90.2 Å². The Morgan fingerprint density at radius 2 is 2.19 bits per heavy atom. The van der Waals surface area contributed by atoms with Crippen molar-refractivity contribution in [3.8, 4) is 0 Å². The van der Waals surface area contributed by atoms with Crippen LogP contribution in [0, 0.1) is 6.92 Å². The fourth-order valence-electron chi connectivity index (χ4n) is 1.87. The number of primary amides is 1. The normalized spacial score (nSPS) is 10.5. The van der Waals surface area contributed by atoms with Crippen LogP contribution < -0.4 is 16.4 Å². The van der Waals surface area contributed by atoms with Crippen molar-refractivity contribution in [2.75, 3.05) is 24.5 Å². The second kappa shape index (κ2) is 4.98. The van der Waals surface area contributed by atoms with Crippen LogP contribution in [0.1, 0.15) is 23.0 Å². The molecule has 1 rings (SSSR count). The van der Waals surface area contributed by atoms with Gasteiger partial charge in [-0.3, -0.25) is 9.48 Å². The van der Waals surface area contributed by atoms with Gasteiger partial charge in [0.2, 0.25) is 0 Å². The van der Waals surface area contributed by atoms with E-state index in [-0.39, 0.29) is 0 Å². The second-order valence-corrected chi connectivity index (χ2v) is 3.64. The summed E-state index contributed by atoms with van der Waals surface area (Å²) in [6.45, 7) is 5.74. The van der Waals surface area contributed by atoms with Gasteiger partial charge in [-0.2, -0.15) is 5.10 Å². The highest BCUT2D eigenvalue weighted by Crippen LogP contribution is 2.22. The average molecular weight is 225 g/mol. The van der Waals surface area contributed by atoms with Gasteiger partial charge >= 0.3 is 0 Å². The molecule has 0 aliphatic carbocycles. The number of nitrogens with two attached hydrogens (primary N) is 2. The fraction of sp³-hybridized carbons (Fsp3) is 0.600. The van der Waals surface area contributed by atoms with Gasteiger partial charge < -0.3 is 16.4 Å². The Balaban J connectivity index is 3.24. The first kappa shape index (κ1) is 12.5. The first-order valence-electron chi connectivity index (χ1n) is 5.31. The van der Waals surface area contributed by atoms with Crippen LogP contribution in [0.3, 0.4) is 0 Å². The Bertz CT molecular complexity index is 385. The summed E-state index contributed by atoms with van der Waals surface area (Å²) >= 11 is 0. The zero-order chi connectivity index (χ0) is 12.3. The average Bonchev–Trinajstić information content (AvgIpc) is 2.50. The van der Waals surface area contributed by atoms with Crippen molar-refractivity contribution in [2.24, 2.45) is 18.5 Å². The van der Waals surface area contributed by atoms with Crippen molar-refractivity contribution in [1.29, 1.82) is 0 Å². The highest BCUT2D eigenvalue weighted by atomic mass is 16.1. The van der Waals surface area contributed by atoms with E-state index in [1.807, 2.05) is 11.8 Å². The summed E-state index contributed by atoms with van der Waals surface area (Å²) in [5.41, 5.74) is 12.0. The number of likely N-dealkylation sites (N-methyl/N-ethyl adjacent to an activating group) is 1. The van der Waals surface area contributed by atoms with Gasteiger partial charge in [-0.05, 0) is 13.8 Å². The van der Waals surface area contributed by atoms with Crippen LogP contribution in [0.2, 0.25) is 0 Å². The molecular weight excluding hydrogens is 206 g/mol. The standard InChI is InChI=1S/C10H19N5O/c1-4-15(6-5-11)10-8(9(12)16)7(2)13-14(10)3/h4-6,11H2,1-3H3,(H2,12,16). The molecule has 0 atom stereocenters. The van der Waals surface area contributed by atoms with Crippen LogP contribution in [0.15, 0.2) is 0 Å². The molecule has 0 aliphatic heterocycles. The molecule has 0 saturated heterocycles. The van der Waals surface area contributed by atoms with E-state index < -0.39 is 5.91 Å². The first-order chi connectivity index (χ1) is 7.52. The lowest BCUT2D eigenvalue weighted by atomic mass is 10.2. The van der Waals surface area contributed by atoms with Gasteiger partial charge in [-0.15, -0.1) is 0 Å². The highest BCUT2D eigenvalue weighted by Gasteiger charge is 2.21. The molecule has 4 N–H and O–H groups in total. The summed E-state index contributed by atoms with van der Waals surface area (Å²) in [7, 11) is 1.80. The number of hydrogen-bond donors (Lipinski definition) is 2. The highest BCUT2D eigenvalue weighted by molar-refractivity contribution is 5.99. The minimum atomic E-state index is -0.448. The number of carbonyl (C=O) groups excluding carboxylic acids is 1. The van der Waals surface area contributed by atoms with Crippen molar-refractivity contribution in [3.05, 3.63) is 11.3 Å². The first-order valence-corrected chi connectivity index (χ1v) is 5.31. The van der Waals surface area contributed by atoms with E-state index in [0.717, 1.165) is 12.4 Å². The van der Waals surface area contributed by atoms with Gasteiger partial charge in [0.1, 0.15) is 11.4 Å². The maximum atomic E-state index is 11.4. The molecule has 6 nitrogen and oxygen atoms in total. The molecule has 1 amide bonds. The van der Waals surface area contributed by atoms with E-state index in [0.29, 0.717) is 24.3 Å². The fourth-order valence-corrected chi connectivity index (χ4v) is 1.87. The van der Waals surface area contributed by atoms with E-state index in [4.69, 9.17) is 11.5 Å². The Morgan fingerprint density at radius 3 is 2.62 bits per heavy atom. The molecule has 1 heterocycles. The van der Waals surface area contributed by atoms with E-state index in [1.54, 1.807) is 18.7 Å². The predicted octanol–water partition coefficient (Wildman–Crippen LogP) is -0.388. The van der Waals surface area contributed by atoms with Gasteiger partial charge in [0, 0.05) is 26.7 Å². The lowest BCUT2D eigenvalue weighted by molar-refractivity contribution is 0.1000. The molecule has 0 radical (unpaired) electrons. The Morgan fingerprint density at radius 1 is 1.56 bits per heavy atom. The molecule has 90 valence electrons. The summed E-state index contributed by atoms with van der Waals surface area (Å²) in [6, 6.07) is 0. The number of amides is 1. The lowest BCUT2D eigenvalue weighted by Gasteiger charge is -2.22. The molecule has 6 heteroatoms. The number of hydrogen-bond acceptors (Lipinski definition) is 4. The third kappa shape index (κ3) is 2.16. The Kier molecular flexibility index (Phi) is 3.89. The monoisotopic (exact) mass is 225 g/mol. The smallest absolute Gasteiger partial charge is 0.254 e. The number of nitrogens with zero attached hydrogens (tertiary/aromatic N) is 3. The summed E-state index contributed by atoms with van der Waals surface area (Å²) in [4.78, 5) is 13.4. The summed E-state index contributed by atoms with van der Waals surface area (Å²) < 4.78 is 1.68. The summed E-state index contributed by atoms with van der Waals surface area (Å²) in [5.74, 6) is 0.300. The predicted molar refractivity (Wildman–Crippen MR) is 63.4 cm³/mol. The zero-order valence-corrected chi connectivity index (χ0v) is 10.0. The summed E-state index contributed by atoms with van der Waals surface area (Å²) in [6.07, 6.45) is 0. The molecule has 0 spiro atoms. The van der Waals surface area contributed by atoms with Crippen molar-refractivity contribution < 1.29 is 4.79 Å². The van der Waals surface area contributed by atoms with Gasteiger partial charge in [0.05, 0.1) is 5.69 Å². The van der Waals surface area contributed by atoms with Gasteiger partial charge in [-0.1, -0.05) is 0 Å². The van der Waals surface area contributed by atoms with E-state index in [1.165, 1.54) is 0 Å². The number of aryl methyl sites for hydroxylation is 2. The van der Waals surface area contributed by atoms with Crippen molar-refractivity contribution >= 4 is 11.7 Å². The SMILES string of the molecule is CCN(CCN)c1c(C(N)=O)c(C)nn1C. The van der Waals surface area contributed by atoms with Crippen LogP contribution in [0.5, 0.6) is 0 Å². The van der Waals surface area contributed by atoms with Crippen LogP contribution >= 0.6 is 0 Å². The van der Waals surface area contributed by atoms with Crippen LogP contribution in [0.25, 0.3) is 0 Å². The molecule has 0 aliphatic rings. The van der Waals surface area contributed by atoms with Crippen LogP contribution in [-0.4, -0.2) is 35.3 Å². The molecule has 1 aromatic rings. The third-order valence-electron chi connectivity index (χ3n) is 2.52. The molecule has 0 aromatic carbocycles. The maximum Gasteiger partial charge on any atom is 0.254 e. The molecule has 0 unspecified atom stereocenters. The van der Waals surface area contributed by atoms with Crippen LogP contribution in [-0.2, 0) is 7.05 Å². The molecule has 1 aromatic heterocycles. The second-order valence-electron chi connectivity index (χ2n) is 3.64. The van der Waals surface area contributed by atoms with E-state index in [2.05, 4.69) is 5.10 Å². The Labute approximate surface area is 95.2 Å². The number of rotatable bonds is 5. The van der Waals surface area contributed by atoms with Crippen molar-refractivity contribution in [2.45, 2.75) is 13.8 Å². The molecule has 0 fully saturated rings. The van der Waals surface area contributed by atoms with Gasteiger partial charge in [0.25, 0.3) is 5.91 Å². The zero-order valence-electron chi connectivity index (χ0n) is 10.0. The number of anilines is 1. The number of aromatic nitrogens is 2. The molecular formula is C10H19N5O. The lowest BCUT2D eigenvalue weighted by Crippen LogP contribution is -2.32. The minimum Gasteiger partial charge on any atom is -0.365 e. The van der Waals surface area contributed by atoms with Crippen molar-refractivity contribution in [1.82, 2.24) is 9.78 Å². The van der Waals surface area contributed by atoms with E-state index >= 15 is 0 Å². The summed E-state index contributed by atoms with van der Waals surface area (Å²) in [5, 5.41) is 4.22. The quantitative estimate of drug-likeness (QED) is 0.714. The van der Waals surface area contributed by atoms with Gasteiger partial charge in [-0.25, -0.2) is 0 Å². The Hall–Kier alpha value is -1.56. The molecule has 16 heavy (non-hydrogen) atoms. The minimum absolute atomic E-state index is 0.448.